The Hall–Kier alpha value is -3.08. The van der Waals surface area contributed by atoms with E-state index in [1.165, 1.54) is 39.6 Å². The summed E-state index contributed by atoms with van der Waals surface area (Å²) in [5, 5.41) is 3.02. The van der Waals surface area contributed by atoms with E-state index in [4.69, 9.17) is 0 Å². The topological polar surface area (TPSA) is 3.24 Å². The molecule has 0 fully saturated rings. The van der Waals surface area contributed by atoms with Crippen LogP contribution in [0.1, 0.15) is 16.7 Å². The number of benzene rings is 5. The molecule has 3 heteroatoms. The zero-order valence-electron chi connectivity index (χ0n) is 23.2. The van der Waals surface area contributed by atoms with Crippen molar-refractivity contribution in [2.45, 2.75) is 18.9 Å². The fourth-order valence-electron chi connectivity index (χ4n) is 5.12. The second-order valence-electron chi connectivity index (χ2n) is 10.2. The largest absolute Gasteiger partial charge is 0.298 e. The van der Waals surface area contributed by atoms with Crippen molar-refractivity contribution in [1.82, 2.24) is 4.90 Å². The van der Waals surface area contributed by atoms with Crippen molar-refractivity contribution < 1.29 is 0 Å². The molecule has 2 atom stereocenters. The Kier molecular flexibility index (Phi) is 11.1. The fraction of sp³-hybridized carbons (Fsp3) is 0.189. The van der Waals surface area contributed by atoms with E-state index in [1.807, 2.05) is 0 Å². The molecule has 0 amide bonds. The summed E-state index contributed by atoms with van der Waals surface area (Å²) in [5.41, 5.74) is 4.30. The van der Waals surface area contributed by atoms with Crippen molar-refractivity contribution in [3.63, 3.8) is 0 Å². The van der Waals surface area contributed by atoms with Crippen LogP contribution in [0.4, 0.5) is 0 Å². The third-order valence-electron chi connectivity index (χ3n) is 7.30. The Morgan fingerprint density at radius 2 is 0.700 bits per heavy atom. The van der Waals surface area contributed by atoms with Gasteiger partial charge in [-0.15, -0.1) is 0 Å². The molecule has 5 aromatic carbocycles. The average molecular weight is 560 g/mol. The predicted molar refractivity (Wildman–Crippen MR) is 178 cm³/mol. The highest BCUT2D eigenvalue weighted by Gasteiger charge is 2.18. The standard InChI is InChI=1S/C37H39NP2/c1-6-16-33(17-7-1)30-38(26-28-39(36-22-12-4-13-23-36)31-34-18-8-2-9-19-34)27-29-40(37-24-14-5-15-25-37)32-35-20-10-3-11-21-35/h1-25H,26-32H2. The van der Waals surface area contributed by atoms with Gasteiger partial charge in [0, 0.05) is 19.6 Å². The Morgan fingerprint density at radius 3 is 1.07 bits per heavy atom. The minimum Gasteiger partial charge on any atom is -0.298 e. The average Bonchev–Trinajstić information content (AvgIpc) is 3.03. The monoisotopic (exact) mass is 559 g/mol. The number of hydrogen-bond donors (Lipinski definition) is 0. The SMILES string of the molecule is c1ccc(CN(CCP(Cc2ccccc2)c2ccccc2)CCP(Cc2ccccc2)c2ccccc2)cc1. The summed E-state index contributed by atoms with van der Waals surface area (Å²) >= 11 is 0. The molecule has 0 bridgehead atoms. The van der Waals surface area contributed by atoms with Gasteiger partial charge in [0.15, 0.2) is 0 Å². The lowest BCUT2D eigenvalue weighted by atomic mass is 10.2. The van der Waals surface area contributed by atoms with Crippen molar-refractivity contribution in [2.75, 3.05) is 25.4 Å². The molecule has 40 heavy (non-hydrogen) atoms. The number of nitrogens with zero attached hydrogens (tertiary/aromatic N) is 1. The first kappa shape index (κ1) is 28.4. The third-order valence-corrected chi connectivity index (χ3v) is 12.3. The molecule has 0 aliphatic carbocycles. The minimum absolute atomic E-state index is 0.285. The van der Waals surface area contributed by atoms with Gasteiger partial charge in [-0.2, -0.15) is 0 Å². The number of hydrogen-bond acceptors (Lipinski definition) is 1. The predicted octanol–water partition coefficient (Wildman–Crippen LogP) is 8.50. The first-order valence-electron chi connectivity index (χ1n) is 14.3. The lowest BCUT2D eigenvalue weighted by Gasteiger charge is -2.28. The van der Waals surface area contributed by atoms with Crippen molar-refractivity contribution in [2.24, 2.45) is 0 Å². The van der Waals surface area contributed by atoms with Crippen molar-refractivity contribution in [1.29, 1.82) is 0 Å². The van der Waals surface area contributed by atoms with Crippen LogP contribution in [0.3, 0.4) is 0 Å². The van der Waals surface area contributed by atoms with Gasteiger partial charge in [-0.1, -0.05) is 168 Å². The molecule has 0 saturated heterocycles. The van der Waals surface area contributed by atoms with Gasteiger partial charge in [0.1, 0.15) is 0 Å². The van der Waals surface area contributed by atoms with Crippen LogP contribution in [-0.2, 0) is 18.9 Å². The van der Waals surface area contributed by atoms with E-state index in [9.17, 15) is 0 Å². The van der Waals surface area contributed by atoms with E-state index in [0.29, 0.717) is 0 Å². The van der Waals surface area contributed by atoms with Crippen LogP contribution in [-0.4, -0.2) is 30.3 Å². The lowest BCUT2D eigenvalue weighted by molar-refractivity contribution is 0.300. The summed E-state index contributed by atoms with van der Waals surface area (Å²) in [6.07, 6.45) is 4.71. The van der Waals surface area contributed by atoms with E-state index in [-0.39, 0.29) is 15.8 Å². The van der Waals surface area contributed by atoms with Gasteiger partial charge in [-0.3, -0.25) is 4.90 Å². The van der Waals surface area contributed by atoms with Crippen LogP contribution in [0.15, 0.2) is 152 Å². The van der Waals surface area contributed by atoms with E-state index in [0.717, 1.165) is 32.0 Å². The second-order valence-corrected chi connectivity index (χ2v) is 15.0. The molecule has 0 heterocycles. The molecule has 0 aromatic heterocycles. The summed E-state index contributed by atoms with van der Waals surface area (Å²) in [7, 11) is -0.570. The van der Waals surface area contributed by atoms with Crippen LogP contribution in [0.2, 0.25) is 0 Å². The molecule has 2 unspecified atom stereocenters. The van der Waals surface area contributed by atoms with Gasteiger partial charge in [0.05, 0.1) is 0 Å². The first-order chi connectivity index (χ1) is 19.8. The quantitative estimate of drug-likeness (QED) is 0.123. The van der Waals surface area contributed by atoms with Gasteiger partial charge in [-0.25, -0.2) is 0 Å². The van der Waals surface area contributed by atoms with Gasteiger partial charge in [0.25, 0.3) is 0 Å². The van der Waals surface area contributed by atoms with Gasteiger partial charge >= 0.3 is 0 Å². The molecule has 5 rings (SSSR count). The lowest BCUT2D eigenvalue weighted by Crippen LogP contribution is -2.30. The molecule has 0 aliphatic heterocycles. The molecular formula is C37H39NP2. The normalized spacial score (nSPS) is 12.7. The Morgan fingerprint density at radius 1 is 0.375 bits per heavy atom. The third kappa shape index (κ3) is 8.97. The highest BCUT2D eigenvalue weighted by atomic mass is 31.1. The van der Waals surface area contributed by atoms with Crippen molar-refractivity contribution in [3.05, 3.63) is 168 Å². The van der Waals surface area contributed by atoms with Crippen LogP contribution in [0, 0.1) is 0 Å². The minimum atomic E-state index is -0.285. The van der Waals surface area contributed by atoms with E-state index in [2.05, 4.69) is 157 Å². The summed E-state index contributed by atoms with van der Waals surface area (Å²) in [5.74, 6) is 0. The van der Waals surface area contributed by atoms with Gasteiger partial charge in [0.2, 0.25) is 0 Å². The van der Waals surface area contributed by atoms with Gasteiger partial charge in [-0.05, 0) is 51.9 Å². The van der Waals surface area contributed by atoms with E-state index < -0.39 is 0 Å². The van der Waals surface area contributed by atoms with E-state index >= 15 is 0 Å². The highest BCUT2D eigenvalue weighted by molar-refractivity contribution is 7.65. The maximum Gasteiger partial charge on any atom is 0.0234 e. The maximum atomic E-state index is 2.72. The highest BCUT2D eigenvalue weighted by Crippen LogP contribution is 2.40. The Labute approximate surface area is 243 Å². The molecule has 0 radical (unpaired) electrons. The second kappa shape index (κ2) is 15.6. The molecule has 0 saturated carbocycles. The zero-order chi connectivity index (χ0) is 27.2. The molecule has 202 valence electrons. The van der Waals surface area contributed by atoms with Crippen LogP contribution in [0.25, 0.3) is 0 Å². The summed E-state index contributed by atoms with van der Waals surface area (Å²) < 4.78 is 0. The fourth-order valence-corrected chi connectivity index (χ4v) is 9.86. The van der Waals surface area contributed by atoms with Crippen molar-refractivity contribution in [3.8, 4) is 0 Å². The Balaban J connectivity index is 1.33. The summed E-state index contributed by atoms with van der Waals surface area (Å²) in [6.45, 7) is 3.24. The Bertz CT molecular complexity index is 1270. The smallest absolute Gasteiger partial charge is 0.0234 e. The molecule has 0 spiro atoms. The molecule has 0 aliphatic rings. The molecule has 1 nitrogen and oxygen atoms in total. The van der Waals surface area contributed by atoms with Crippen LogP contribution >= 0.6 is 15.8 Å². The first-order valence-corrected chi connectivity index (χ1v) is 17.7. The zero-order valence-corrected chi connectivity index (χ0v) is 25.0. The van der Waals surface area contributed by atoms with Crippen LogP contribution < -0.4 is 10.6 Å². The maximum absolute atomic E-state index is 2.72. The molecule has 5 aromatic rings. The summed E-state index contributed by atoms with van der Waals surface area (Å²) in [6, 6.07) is 55.6. The van der Waals surface area contributed by atoms with Gasteiger partial charge < -0.3 is 0 Å². The summed E-state index contributed by atoms with van der Waals surface area (Å²) in [4.78, 5) is 2.72. The molecular weight excluding hydrogens is 520 g/mol. The number of rotatable bonds is 14. The molecule has 0 N–H and O–H groups in total. The van der Waals surface area contributed by atoms with Crippen molar-refractivity contribution >= 4 is 26.5 Å². The van der Waals surface area contributed by atoms with E-state index in [1.54, 1.807) is 0 Å². The van der Waals surface area contributed by atoms with Crippen LogP contribution in [0.5, 0.6) is 0 Å².